The zero-order valence-electron chi connectivity index (χ0n) is 12.1. The Bertz CT molecular complexity index is 515. The quantitative estimate of drug-likeness (QED) is 0.445. The summed E-state index contributed by atoms with van der Waals surface area (Å²) in [7, 11) is 1.31. The maximum absolute atomic E-state index is 11.7. The Kier molecular flexibility index (Phi) is 6.89. The van der Waals surface area contributed by atoms with Gasteiger partial charge in [-0.3, -0.25) is 4.79 Å². The van der Waals surface area contributed by atoms with Crippen LogP contribution in [0.4, 0.5) is 0 Å². The summed E-state index contributed by atoms with van der Waals surface area (Å²) in [5.74, 6) is 0.588. The number of hydrogen-bond donors (Lipinski definition) is 0. The van der Waals surface area contributed by atoms with Gasteiger partial charge < -0.3 is 4.74 Å². The molecule has 4 heteroatoms. The van der Waals surface area contributed by atoms with Gasteiger partial charge in [0.05, 0.1) is 13.7 Å². The van der Waals surface area contributed by atoms with Crippen LogP contribution in [0.5, 0.6) is 0 Å². The van der Waals surface area contributed by atoms with Gasteiger partial charge in [-0.15, -0.1) is 11.8 Å². The van der Waals surface area contributed by atoms with E-state index in [0.29, 0.717) is 12.3 Å². The van der Waals surface area contributed by atoms with Crippen molar-refractivity contribution in [3.8, 4) is 0 Å². The Hall–Kier alpha value is -1.73. The molecule has 3 nitrogen and oxygen atoms in total. The predicted octanol–water partition coefficient (Wildman–Crippen LogP) is 4.27. The highest BCUT2D eigenvalue weighted by Gasteiger charge is 2.18. The molecule has 0 N–H and O–H groups in total. The molecule has 1 aromatic rings. The van der Waals surface area contributed by atoms with E-state index in [4.69, 9.17) is 11.3 Å². The van der Waals surface area contributed by atoms with Crippen LogP contribution in [-0.2, 0) is 15.3 Å². The van der Waals surface area contributed by atoms with Crippen molar-refractivity contribution in [1.29, 1.82) is 0 Å². The monoisotopic (exact) mass is 289 g/mol. The summed E-state index contributed by atoms with van der Waals surface area (Å²) < 4.78 is 4.69. The molecule has 0 fully saturated rings. The van der Waals surface area contributed by atoms with Crippen molar-refractivity contribution in [2.24, 2.45) is 5.92 Å². The average molecular weight is 289 g/mol. The Balaban J connectivity index is 2.92. The molecule has 0 aromatic heterocycles. The number of ether oxygens (including phenoxy) is 1. The molecular weight excluding hydrogens is 270 g/mol. The topological polar surface area (TPSA) is 30.7 Å². The van der Waals surface area contributed by atoms with Crippen LogP contribution in [-0.4, -0.2) is 13.1 Å². The number of rotatable bonds is 6. The van der Waals surface area contributed by atoms with Crippen LogP contribution in [0.1, 0.15) is 25.8 Å². The van der Waals surface area contributed by atoms with Gasteiger partial charge >= 0.3 is 5.97 Å². The number of esters is 1. The fourth-order valence-electron chi connectivity index (χ4n) is 1.66. The molecule has 0 aliphatic rings. The van der Waals surface area contributed by atoms with E-state index >= 15 is 0 Å². The molecule has 0 spiro atoms. The highest BCUT2D eigenvalue weighted by atomic mass is 32.2. The lowest BCUT2D eigenvalue weighted by atomic mass is 10.1. The summed E-state index contributed by atoms with van der Waals surface area (Å²) in [6.45, 7) is 11.3. The van der Waals surface area contributed by atoms with Crippen molar-refractivity contribution < 1.29 is 9.53 Å². The molecule has 0 aliphatic heterocycles. The summed E-state index contributed by atoms with van der Waals surface area (Å²) in [5, 5.41) is 0. The van der Waals surface area contributed by atoms with Crippen LogP contribution in [0.2, 0.25) is 0 Å². The largest absolute Gasteiger partial charge is 0.474 e. The Morgan fingerprint density at radius 3 is 2.50 bits per heavy atom. The van der Waals surface area contributed by atoms with E-state index in [2.05, 4.69) is 18.7 Å². The summed E-state index contributed by atoms with van der Waals surface area (Å²) >= 11 is 1.54. The number of nitrogens with zero attached hydrogens (tertiary/aromatic N) is 1. The third-order valence-corrected chi connectivity index (χ3v) is 3.79. The van der Waals surface area contributed by atoms with Crippen molar-refractivity contribution in [3.05, 3.63) is 57.9 Å². The third kappa shape index (κ3) is 5.10. The smallest absolute Gasteiger partial charge is 0.336 e. The molecule has 0 radical (unpaired) electrons. The lowest BCUT2D eigenvalue weighted by Gasteiger charge is -2.12. The van der Waals surface area contributed by atoms with Gasteiger partial charge in [0, 0.05) is 5.75 Å². The molecule has 1 rings (SSSR count). The third-order valence-electron chi connectivity index (χ3n) is 2.60. The molecule has 0 aliphatic carbocycles. The number of carbonyl (C=O) groups is 1. The molecule has 1 aromatic carbocycles. The highest BCUT2D eigenvalue weighted by Crippen LogP contribution is 2.31. The second kappa shape index (κ2) is 8.44. The van der Waals surface area contributed by atoms with Crippen molar-refractivity contribution in [3.63, 3.8) is 0 Å². The van der Waals surface area contributed by atoms with Crippen molar-refractivity contribution >= 4 is 17.7 Å². The molecule has 0 bridgehead atoms. The van der Waals surface area contributed by atoms with E-state index in [0.717, 1.165) is 10.7 Å². The normalized spacial score (nSPS) is 11.8. The van der Waals surface area contributed by atoms with Gasteiger partial charge in [-0.25, -0.2) is 4.85 Å². The van der Waals surface area contributed by atoms with Gasteiger partial charge in [-0.2, -0.15) is 0 Å². The minimum absolute atomic E-state index is 0.113. The fraction of sp³-hybridized carbons (Fsp3) is 0.375. The minimum atomic E-state index is -0.545. The lowest BCUT2D eigenvalue weighted by molar-refractivity contribution is -0.135. The average Bonchev–Trinajstić information content (AvgIpc) is 2.45. The van der Waals surface area contributed by atoms with Gasteiger partial charge in [0.1, 0.15) is 0 Å². The number of thioether (sulfide) groups is 1. The van der Waals surface area contributed by atoms with Crippen molar-refractivity contribution in [2.75, 3.05) is 7.11 Å². The second-order valence-electron chi connectivity index (χ2n) is 4.75. The highest BCUT2D eigenvalue weighted by molar-refractivity contribution is 8.02. The van der Waals surface area contributed by atoms with E-state index in [1.54, 1.807) is 11.8 Å². The van der Waals surface area contributed by atoms with Crippen LogP contribution < -0.4 is 0 Å². The maximum atomic E-state index is 11.7. The zero-order chi connectivity index (χ0) is 15.0. The molecule has 0 amide bonds. The molecular formula is C16H19NO2S. The first-order valence-corrected chi connectivity index (χ1v) is 7.42. The lowest BCUT2D eigenvalue weighted by Crippen LogP contribution is -2.05. The summed E-state index contributed by atoms with van der Waals surface area (Å²) in [6.07, 6.45) is 0.713. The first kappa shape index (κ1) is 16.3. The van der Waals surface area contributed by atoms with E-state index in [-0.39, 0.29) is 5.70 Å². The van der Waals surface area contributed by atoms with Gasteiger partial charge in [-0.1, -0.05) is 44.2 Å². The summed E-state index contributed by atoms with van der Waals surface area (Å²) in [5.41, 5.74) is 1.29. The van der Waals surface area contributed by atoms with Crippen LogP contribution in [0.3, 0.4) is 0 Å². The Morgan fingerprint density at radius 1 is 1.35 bits per heavy atom. The first-order valence-electron chi connectivity index (χ1n) is 6.44. The van der Waals surface area contributed by atoms with Gasteiger partial charge in [0.2, 0.25) is 0 Å². The molecule has 0 saturated heterocycles. The van der Waals surface area contributed by atoms with Crippen LogP contribution in [0.15, 0.2) is 40.9 Å². The minimum Gasteiger partial charge on any atom is -0.474 e. The van der Waals surface area contributed by atoms with Gasteiger partial charge in [-0.05, 0) is 22.8 Å². The van der Waals surface area contributed by atoms with Crippen LogP contribution >= 0.6 is 11.8 Å². The molecule has 106 valence electrons. The Labute approximate surface area is 124 Å². The molecule has 0 heterocycles. The van der Waals surface area contributed by atoms with Gasteiger partial charge in [0.25, 0.3) is 5.70 Å². The van der Waals surface area contributed by atoms with E-state index in [9.17, 15) is 4.79 Å². The first-order chi connectivity index (χ1) is 9.58. The van der Waals surface area contributed by atoms with Gasteiger partial charge in [0.15, 0.2) is 0 Å². The summed E-state index contributed by atoms with van der Waals surface area (Å²) in [6, 6.07) is 10.0. The number of methoxy groups -OCH3 is 1. The summed E-state index contributed by atoms with van der Waals surface area (Å²) in [4.78, 5) is 15.8. The van der Waals surface area contributed by atoms with E-state index in [1.807, 2.05) is 30.3 Å². The molecule has 0 saturated carbocycles. The molecule has 20 heavy (non-hydrogen) atoms. The number of allylic oxidation sites excluding steroid dienone is 1. The predicted molar refractivity (Wildman–Crippen MR) is 82.8 cm³/mol. The van der Waals surface area contributed by atoms with E-state index in [1.165, 1.54) is 12.7 Å². The maximum Gasteiger partial charge on any atom is 0.336 e. The molecule has 0 unspecified atom stereocenters. The standard InChI is InChI=1S/C16H19NO2S/c1-12(2)10-14(15(17-3)16(18)19-4)20-11-13-8-6-5-7-9-13/h5-9,12H,10-11H2,1-2,4H3/b15-14-. The van der Waals surface area contributed by atoms with Crippen LogP contribution in [0, 0.1) is 12.5 Å². The SMILES string of the molecule is [C-]#[N+]/C(C(=O)OC)=C(/CC(C)C)SCc1ccccc1. The van der Waals surface area contributed by atoms with Crippen molar-refractivity contribution in [1.82, 2.24) is 0 Å². The van der Waals surface area contributed by atoms with E-state index < -0.39 is 5.97 Å². The van der Waals surface area contributed by atoms with Crippen molar-refractivity contribution in [2.45, 2.75) is 26.0 Å². The van der Waals surface area contributed by atoms with Crippen LogP contribution in [0.25, 0.3) is 4.85 Å². The Morgan fingerprint density at radius 2 is 2.00 bits per heavy atom. The second-order valence-corrected chi connectivity index (χ2v) is 5.82. The fourth-order valence-corrected chi connectivity index (χ4v) is 2.91. The number of carbonyl (C=O) groups excluding carboxylic acids is 1. The zero-order valence-corrected chi connectivity index (χ0v) is 12.9. The molecule has 0 atom stereocenters. The number of hydrogen-bond acceptors (Lipinski definition) is 3. The number of benzene rings is 1.